The second kappa shape index (κ2) is 47.1. The summed E-state index contributed by atoms with van der Waals surface area (Å²) in [5.74, 6) is -0.910. The summed E-state index contributed by atoms with van der Waals surface area (Å²) in [7, 11) is 0. The standard InChI is InChI=1S/C60H112O15/c1-3-5-7-9-11-13-15-17-19-21-22-23-24-25-27-29-31-33-35-37-39-41-43-52(63)73-48(45-70-51(62)42-40-38-36-34-32-30-28-26-20-18-16-14-12-10-8-6-4-2)46-71-59-58(69)56(67)54(65)50(75-59)47-72-60-57(68)55(66)53(64)49(44-61)74-60/h14,16,48-50,53-61,64-69H,3-13,15,17-47H2,1-2H3/b16-14+/t48-,49+,50+,53-,54-,55?,56?,57?,58?,59+,60+/m1/s1. The van der Waals surface area contributed by atoms with Crippen LogP contribution in [0.3, 0.4) is 0 Å². The Morgan fingerprint density at radius 2 is 0.760 bits per heavy atom. The van der Waals surface area contributed by atoms with E-state index < -0.39 is 92.7 Å². The maximum Gasteiger partial charge on any atom is 0.306 e. The quantitative estimate of drug-likeness (QED) is 0.0171. The minimum absolute atomic E-state index is 0.172. The highest BCUT2D eigenvalue weighted by atomic mass is 16.7. The molecule has 0 saturated carbocycles. The molecule has 7 N–H and O–H groups in total. The van der Waals surface area contributed by atoms with Crippen LogP contribution in [0.1, 0.15) is 264 Å². The third kappa shape index (κ3) is 34.1. The molecule has 0 aliphatic carbocycles. The van der Waals surface area contributed by atoms with Crippen molar-refractivity contribution in [3.63, 3.8) is 0 Å². The molecule has 0 aromatic heterocycles. The van der Waals surface area contributed by atoms with Crippen molar-refractivity contribution in [2.45, 2.75) is 332 Å². The molecule has 2 fully saturated rings. The number of ether oxygens (including phenoxy) is 6. The third-order valence-corrected chi connectivity index (χ3v) is 15.0. The van der Waals surface area contributed by atoms with E-state index in [1.54, 1.807) is 0 Å². The van der Waals surface area contributed by atoms with Crippen LogP contribution >= 0.6 is 0 Å². The number of allylic oxidation sites excluding steroid dienone is 2. The van der Waals surface area contributed by atoms with Gasteiger partial charge in [0.2, 0.25) is 0 Å². The number of esters is 2. The van der Waals surface area contributed by atoms with Gasteiger partial charge in [0, 0.05) is 12.8 Å². The number of hydrogen-bond donors (Lipinski definition) is 7. The summed E-state index contributed by atoms with van der Waals surface area (Å²) in [6.07, 6.45) is 33.7. The lowest BCUT2D eigenvalue weighted by Gasteiger charge is -2.42. The molecule has 0 radical (unpaired) electrons. The number of hydrogen-bond acceptors (Lipinski definition) is 15. The maximum atomic E-state index is 13.1. The van der Waals surface area contributed by atoms with E-state index in [9.17, 15) is 45.3 Å². The van der Waals surface area contributed by atoms with Crippen LogP contribution in [0, 0.1) is 0 Å². The summed E-state index contributed by atoms with van der Waals surface area (Å²) in [4.78, 5) is 25.9. The molecular weight excluding hydrogens is 961 g/mol. The monoisotopic (exact) mass is 1070 g/mol. The maximum absolute atomic E-state index is 13.1. The van der Waals surface area contributed by atoms with E-state index in [1.165, 1.54) is 186 Å². The van der Waals surface area contributed by atoms with Crippen molar-refractivity contribution in [2.75, 3.05) is 26.4 Å². The Kier molecular flexibility index (Phi) is 43.5. The van der Waals surface area contributed by atoms with Gasteiger partial charge in [0.1, 0.15) is 55.4 Å². The highest BCUT2D eigenvalue weighted by molar-refractivity contribution is 5.70. The lowest BCUT2D eigenvalue weighted by atomic mass is 9.98. The fraction of sp³-hybridized carbons (Fsp3) is 0.933. The smallest absolute Gasteiger partial charge is 0.306 e. The molecule has 0 bridgehead atoms. The van der Waals surface area contributed by atoms with Gasteiger partial charge < -0.3 is 64.2 Å². The van der Waals surface area contributed by atoms with Gasteiger partial charge >= 0.3 is 11.9 Å². The van der Waals surface area contributed by atoms with Gasteiger partial charge in [-0.2, -0.15) is 0 Å². The van der Waals surface area contributed by atoms with E-state index in [0.29, 0.717) is 12.8 Å². The molecule has 2 aliphatic rings. The first-order valence-corrected chi connectivity index (χ1v) is 30.8. The number of aliphatic hydroxyl groups excluding tert-OH is 7. The Bertz CT molecular complexity index is 1350. The topological polar surface area (TPSA) is 231 Å². The fourth-order valence-corrected chi connectivity index (χ4v) is 9.98. The predicted octanol–water partition coefficient (Wildman–Crippen LogP) is 10.9. The average Bonchev–Trinajstić information content (AvgIpc) is 3.40. The summed E-state index contributed by atoms with van der Waals surface area (Å²) in [5, 5.41) is 72.3. The van der Waals surface area contributed by atoms with E-state index >= 15 is 0 Å². The minimum Gasteiger partial charge on any atom is -0.462 e. The highest BCUT2D eigenvalue weighted by Gasteiger charge is 2.47. The zero-order valence-electron chi connectivity index (χ0n) is 47.3. The van der Waals surface area contributed by atoms with Crippen LogP contribution in [0.2, 0.25) is 0 Å². The lowest BCUT2D eigenvalue weighted by Crippen LogP contribution is -2.61. The van der Waals surface area contributed by atoms with Gasteiger partial charge in [0.15, 0.2) is 18.7 Å². The van der Waals surface area contributed by atoms with Crippen molar-refractivity contribution in [2.24, 2.45) is 0 Å². The van der Waals surface area contributed by atoms with Crippen LogP contribution in [0.5, 0.6) is 0 Å². The molecule has 2 rings (SSSR count). The first kappa shape index (κ1) is 69.3. The summed E-state index contributed by atoms with van der Waals surface area (Å²) in [5.41, 5.74) is 0. The number of rotatable bonds is 50. The Morgan fingerprint density at radius 3 is 1.19 bits per heavy atom. The van der Waals surface area contributed by atoms with Gasteiger partial charge in [-0.25, -0.2) is 0 Å². The fourth-order valence-electron chi connectivity index (χ4n) is 9.98. The van der Waals surface area contributed by atoms with Crippen molar-refractivity contribution >= 4 is 11.9 Å². The first-order valence-electron chi connectivity index (χ1n) is 30.8. The van der Waals surface area contributed by atoms with Gasteiger partial charge in [-0.15, -0.1) is 0 Å². The Hall–Kier alpha value is -1.76. The Morgan fingerprint density at radius 1 is 0.413 bits per heavy atom. The van der Waals surface area contributed by atoms with E-state index in [4.69, 9.17) is 28.4 Å². The Labute approximate surface area is 454 Å². The second-order valence-electron chi connectivity index (χ2n) is 21.9. The molecule has 75 heavy (non-hydrogen) atoms. The van der Waals surface area contributed by atoms with Crippen molar-refractivity contribution in [1.29, 1.82) is 0 Å². The van der Waals surface area contributed by atoms with Gasteiger partial charge in [-0.05, 0) is 38.5 Å². The normalized spacial score (nSPS) is 24.5. The van der Waals surface area contributed by atoms with Crippen LogP contribution in [-0.4, -0.2) is 142 Å². The van der Waals surface area contributed by atoms with Crippen molar-refractivity contribution in [3.8, 4) is 0 Å². The molecule has 0 amide bonds. The zero-order valence-corrected chi connectivity index (χ0v) is 47.3. The van der Waals surface area contributed by atoms with E-state index in [2.05, 4.69) is 26.0 Å². The highest BCUT2D eigenvalue weighted by Crippen LogP contribution is 2.27. The van der Waals surface area contributed by atoms with Crippen LogP contribution < -0.4 is 0 Å². The molecule has 2 heterocycles. The van der Waals surface area contributed by atoms with Crippen molar-refractivity contribution in [3.05, 3.63) is 12.2 Å². The summed E-state index contributed by atoms with van der Waals surface area (Å²) < 4.78 is 33.8. The van der Waals surface area contributed by atoms with Crippen molar-refractivity contribution in [1.82, 2.24) is 0 Å². The van der Waals surface area contributed by atoms with Crippen molar-refractivity contribution < 1.29 is 73.8 Å². The molecule has 2 aliphatic heterocycles. The van der Waals surface area contributed by atoms with E-state index in [0.717, 1.165) is 38.5 Å². The largest absolute Gasteiger partial charge is 0.462 e. The van der Waals surface area contributed by atoms with Crippen LogP contribution in [0.15, 0.2) is 12.2 Å². The lowest BCUT2D eigenvalue weighted by molar-refractivity contribution is -0.332. The van der Waals surface area contributed by atoms with E-state index in [1.807, 2.05) is 0 Å². The number of aliphatic hydroxyl groups is 7. The molecule has 442 valence electrons. The Balaban J connectivity index is 1.72. The number of unbranched alkanes of at least 4 members (excludes halogenated alkanes) is 34. The first-order chi connectivity index (χ1) is 36.5. The second-order valence-corrected chi connectivity index (χ2v) is 21.9. The molecule has 15 nitrogen and oxygen atoms in total. The van der Waals surface area contributed by atoms with Crippen LogP contribution in [0.4, 0.5) is 0 Å². The molecular formula is C60H112O15. The molecule has 0 aromatic carbocycles. The molecule has 4 unspecified atom stereocenters. The molecule has 2 saturated heterocycles. The van der Waals surface area contributed by atoms with Gasteiger partial charge in [-0.1, -0.05) is 225 Å². The summed E-state index contributed by atoms with van der Waals surface area (Å²) in [6.45, 7) is 2.64. The SMILES string of the molecule is CCCCCC/C=C/CCCCCCCCCCCC(=O)OC[C@H](CO[C@H]1O[C@@H](CO[C@H]2O[C@@H](CO)[C@@H](O)C(O)C2O)[C@@H](O)C(O)C1O)OC(=O)CCCCCCCCCCCCCCCCCCCCCCCC. The summed E-state index contributed by atoms with van der Waals surface area (Å²) >= 11 is 0. The molecule has 0 aromatic rings. The van der Waals surface area contributed by atoms with Crippen LogP contribution in [-0.2, 0) is 38.0 Å². The van der Waals surface area contributed by atoms with Gasteiger partial charge in [0.25, 0.3) is 0 Å². The van der Waals surface area contributed by atoms with Crippen LogP contribution in [0.25, 0.3) is 0 Å². The predicted molar refractivity (Wildman–Crippen MR) is 294 cm³/mol. The van der Waals surface area contributed by atoms with Gasteiger partial charge in [-0.3, -0.25) is 9.59 Å². The third-order valence-electron chi connectivity index (χ3n) is 15.0. The summed E-state index contributed by atoms with van der Waals surface area (Å²) in [6, 6.07) is 0. The minimum atomic E-state index is -1.76. The molecule has 11 atom stereocenters. The average molecular weight is 1070 g/mol. The zero-order chi connectivity index (χ0) is 54.6. The number of carbonyl (C=O) groups is 2. The van der Waals surface area contributed by atoms with Gasteiger partial charge in [0.05, 0.1) is 19.8 Å². The van der Waals surface area contributed by atoms with E-state index in [-0.39, 0.29) is 26.1 Å². The molecule has 0 spiro atoms. The molecule has 15 heteroatoms. The number of carbonyl (C=O) groups excluding carboxylic acids is 2.